The van der Waals surface area contributed by atoms with Crippen molar-refractivity contribution in [3.63, 3.8) is 0 Å². The van der Waals surface area contributed by atoms with Crippen molar-refractivity contribution < 1.29 is 9.53 Å². The number of fused-ring (bicyclic) bond motifs is 4. The summed E-state index contributed by atoms with van der Waals surface area (Å²) in [5, 5.41) is 0. The molecule has 4 heteroatoms. The first kappa shape index (κ1) is 16.5. The molecule has 27 heavy (non-hydrogen) atoms. The topological polar surface area (TPSA) is 42.4 Å². The zero-order valence-corrected chi connectivity index (χ0v) is 15.2. The number of allylic oxidation sites excluding steroid dienone is 2. The van der Waals surface area contributed by atoms with Gasteiger partial charge in [0.1, 0.15) is 6.10 Å². The summed E-state index contributed by atoms with van der Waals surface area (Å²) in [7, 11) is 0. The molecule has 3 aliphatic heterocycles. The van der Waals surface area contributed by atoms with Gasteiger partial charge in [0, 0.05) is 18.9 Å². The molecular formula is C23H22N2O2. The highest BCUT2D eigenvalue weighted by molar-refractivity contribution is 6.24. The van der Waals surface area contributed by atoms with Crippen LogP contribution in [0.15, 0.2) is 54.9 Å². The largest absolute Gasteiger partial charge is 0.457 e. The molecule has 1 atom stereocenters. The normalized spacial score (nSPS) is 27.3. The number of carbonyl (C=O) groups is 1. The average molecular weight is 358 g/mol. The Labute approximate surface area is 159 Å². The number of aromatic nitrogens is 1. The fourth-order valence-corrected chi connectivity index (χ4v) is 4.45. The van der Waals surface area contributed by atoms with Crippen molar-refractivity contribution in [2.45, 2.75) is 18.9 Å². The van der Waals surface area contributed by atoms with Gasteiger partial charge in [0.15, 0.2) is 0 Å². The minimum Gasteiger partial charge on any atom is -0.457 e. The number of esters is 1. The van der Waals surface area contributed by atoms with Gasteiger partial charge in [-0.3, -0.25) is 9.88 Å². The van der Waals surface area contributed by atoms with E-state index in [0.717, 1.165) is 54.7 Å². The second-order valence-electron chi connectivity index (χ2n) is 7.57. The minimum absolute atomic E-state index is 0.0290. The maximum atomic E-state index is 13.0. The summed E-state index contributed by atoms with van der Waals surface area (Å²) in [4.78, 5) is 19.5. The van der Waals surface area contributed by atoms with Crippen LogP contribution in [0.3, 0.4) is 0 Å². The number of pyridine rings is 1. The van der Waals surface area contributed by atoms with Gasteiger partial charge in [0.2, 0.25) is 0 Å². The summed E-state index contributed by atoms with van der Waals surface area (Å²) in [6.07, 6.45) is 9.92. The van der Waals surface area contributed by atoms with E-state index < -0.39 is 0 Å². The van der Waals surface area contributed by atoms with Crippen LogP contribution in [-0.4, -0.2) is 41.6 Å². The maximum absolute atomic E-state index is 13.0. The Bertz CT molecular complexity index is 924. The van der Waals surface area contributed by atoms with Crippen LogP contribution >= 0.6 is 0 Å². The fourth-order valence-electron chi connectivity index (χ4n) is 4.45. The van der Waals surface area contributed by atoms with Gasteiger partial charge >= 0.3 is 5.97 Å². The standard InChI is InChI=1S/C23H22N2O2/c26-23(27-22-15-25-11-7-17(22)8-12-25)21-14-18(13-16-5-9-24-10-6-16)19-3-1-2-4-20(19)21/h1-6,9-10,13-14,17,22H,7-8,11-12,15H2/b18-13+/t22-/m0/s1. The van der Waals surface area contributed by atoms with Gasteiger partial charge in [-0.05, 0) is 78.4 Å². The third kappa shape index (κ3) is 3.10. The van der Waals surface area contributed by atoms with E-state index in [4.69, 9.17) is 4.74 Å². The van der Waals surface area contributed by atoms with Crippen molar-refractivity contribution in [3.05, 3.63) is 71.6 Å². The molecule has 0 amide bonds. The van der Waals surface area contributed by atoms with Crippen LogP contribution in [0.5, 0.6) is 0 Å². The van der Waals surface area contributed by atoms with Gasteiger partial charge in [0.25, 0.3) is 0 Å². The van der Waals surface area contributed by atoms with Crippen LogP contribution in [0.2, 0.25) is 0 Å². The molecule has 4 aliphatic rings. The number of rotatable bonds is 3. The first-order valence-electron chi connectivity index (χ1n) is 9.64. The minimum atomic E-state index is -0.195. The van der Waals surface area contributed by atoms with E-state index in [-0.39, 0.29) is 12.1 Å². The van der Waals surface area contributed by atoms with E-state index >= 15 is 0 Å². The lowest BCUT2D eigenvalue weighted by molar-refractivity contribution is -0.151. The van der Waals surface area contributed by atoms with E-state index in [1.165, 1.54) is 0 Å². The highest BCUT2D eigenvalue weighted by atomic mass is 16.5. The second-order valence-corrected chi connectivity index (χ2v) is 7.57. The van der Waals surface area contributed by atoms with E-state index in [1.807, 2.05) is 36.4 Å². The molecule has 3 fully saturated rings. The van der Waals surface area contributed by atoms with Crippen LogP contribution in [0.1, 0.15) is 29.5 Å². The molecule has 0 N–H and O–H groups in total. The number of piperidine rings is 3. The van der Waals surface area contributed by atoms with Crippen LogP contribution in [-0.2, 0) is 9.53 Å². The van der Waals surface area contributed by atoms with Crippen molar-refractivity contribution in [3.8, 4) is 0 Å². The summed E-state index contributed by atoms with van der Waals surface area (Å²) in [5.74, 6) is 0.322. The quantitative estimate of drug-likeness (QED) is 0.786. The van der Waals surface area contributed by atoms with Crippen LogP contribution in [0.25, 0.3) is 17.2 Å². The summed E-state index contributed by atoms with van der Waals surface area (Å²) >= 11 is 0. The third-order valence-corrected chi connectivity index (χ3v) is 5.93. The number of carbonyl (C=O) groups excluding carboxylic acids is 1. The van der Waals surface area contributed by atoms with Gasteiger partial charge in [-0.1, -0.05) is 24.3 Å². The van der Waals surface area contributed by atoms with E-state index in [2.05, 4.69) is 22.0 Å². The molecule has 1 aliphatic carbocycles. The second kappa shape index (κ2) is 6.78. The monoisotopic (exact) mass is 358 g/mol. The Kier molecular flexibility index (Phi) is 4.13. The zero-order chi connectivity index (χ0) is 18.2. The SMILES string of the molecule is O=C(O[C@H]1CN2CCC1CC2)C1=C/C(=C\c2ccncc2)c2ccccc21. The fraction of sp³-hybridized carbons (Fsp3) is 0.304. The third-order valence-electron chi connectivity index (χ3n) is 5.93. The Morgan fingerprint density at radius 1 is 1.07 bits per heavy atom. The number of benzene rings is 1. The first-order valence-corrected chi connectivity index (χ1v) is 9.64. The van der Waals surface area contributed by atoms with Gasteiger partial charge < -0.3 is 4.74 Å². The number of ether oxygens (including phenoxy) is 1. The highest BCUT2D eigenvalue weighted by Gasteiger charge is 2.37. The molecule has 3 saturated heterocycles. The lowest BCUT2D eigenvalue weighted by Crippen LogP contribution is -2.51. The molecular weight excluding hydrogens is 336 g/mol. The van der Waals surface area contributed by atoms with Crippen molar-refractivity contribution in [2.24, 2.45) is 5.92 Å². The highest BCUT2D eigenvalue weighted by Crippen LogP contribution is 2.38. The smallest absolute Gasteiger partial charge is 0.339 e. The number of nitrogens with zero attached hydrogens (tertiary/aromatic N) is 2. The molecule has 1 aromatic heterocycles. The molecule has 0 unspecified atom stereocenters. The van der Waals surface area contributed by atoms with E-state index in [0.29, 0.717) is 11.5 Å². The predicted molar refractivity (Wildman–Crippen MR) is 106 cm³/mol. The van der Waals surface area contributed by atoms with Crippen LogP contribution in [0.4, 0.5) is 0 Å². The molecule has 0 saturated carbocycles. The Morgan fingerprint density at radius 3 is 2.52 bits per heavy atom. The predicted octanol–water partition coefficient (Wildman–Crippen LogP) is 3.66. The van der Waals surface area contributed by atoms with Crippen molar-refractivity contribution in [2.75, 3.05) is 19.6 Å². The molecule has 6 rings (SSSR count). The van der Waals surface area contributed by atoms with Crippen LogP contribution < -0.4 is 0 Å². The zero-order valence-electron chi connectivity index (χ0n) is 15.2. The Hall–Kier alpha value is -2.72. The lowest BCUT2D eigenvalue weighted by atomic mass is 9.86. The average Bonchev–Trinajstić information content (AvgIpc) is 3.08. The molecule has 0 spiro atoms. The number of hydrogen-bond donors (Lipinski definition) is 0. The molecule has 136 valence electrons. The van der Waals surface area contributed by atoms with Gasteiger partial charge in [-0.15, -0.1) is 0 Å². The summed E-state index contributed by atoms with van der Waals surface area (Å²) in [5.41, 5.74) is 4.82. The Balaban J connectivity index is 1.44. The van der Waals surface area contributed by atoms with E-state index in [9.17, 15) is 4.79 Å². The Morgan fingerprint density at radius 2 is 1.81 bits per heavy atom. The van der Waals surface area contributed by atoms with Crippen LogP contribution in [0, 0.1) is 5.92 Å². The lowest BCUT2D eigenvalue weighted by Gasteiger charge is -2.43. The van der Waals surface area contributed by atoms with Crippen molar-refractivity contribution in [1.82, 2.24) is 9.88 Å². The van der Waals surface area contributed by atoms with Gasteiger partial charge in [-0.25, -0.2) is 4.79 Å². The summed E-state index contributed by atoms with van der Waals surface area (Å²) < 4.78 is 5.98. The van der Waals surface area contributed by atoms with Gasteiger partial charge in [0.05, 0.1) is 5.57 Å². The summed E-state index contributed by atoms with van der Waals surface area (Å²) in [6.45, 7) is 3.16. The molecule has 4 heterocycles. The van der Waals surface area contributed by atoms with Gasteiger partial charge in [-0.2, -0.15) is 0 Å². The van der Waals surface area contributed by atoms with Crippen molar-refractivity contribution >= 4 is 23.2 Å². The first-order chi connectivity index (χ1) is 13.3. The molecule has 4 nitrogen and oxygen atoms in total. The molecule has 1 aromatic carbocycles. The summed E-state index contributed by atoms with van der Waals surface area (Å²) in [6, 6.07) is 12.0. The molecule has 2 bridgehead atoms. The molecule has 2 aromatic rings. The van der Waals surface area contributed by atoms with Crippen molar-refractivity contribution in [1.29, 1.82) is 0 Å². The van der Waals surface area contributed by atoms with E-state index in [1.54, 1.807) is 12.4 Å². The molecule has 0 radical (unpaired) electrons. The maximum Gasteiger partial charge on any atom is 0.339 e. The number of hydrogen-bond acceptors (Lipinski definition) is 4.